The van der Waals surface area contributed by atoms with Crippen LogP contribution < -0.4 is 11.1 Å². The molecule has 0 saturated carbocycles. The van der Waals surface area contributed by atoms with E-state index in [1.807, 2.05) is 19.2 Å². The van der Waals surface area contributed by atoms with E-state index in [9.17, 15) is 0 Å². The van der Waals surface area contributed by atoms with Gasteiger partial charge in [0, 0.05) is 16.0 Å². The van der Waals surface area contributed by atoms with Crippen LogP contribution in [0.25, 0.3) is 10.9 Å². The molecule has 0 aliphatic carbocycles. The largest absolute Gasteiger partial charge is 0.396 e. The van der Waals surface area contributed by atoms with Crippen LogP contribution in [0, 0.1) is 3.57 Å². The lowest BCUT2D eigenvalue weighted by atomic mass is 10.1. The molecule has 78 valence electrons. The van der Waals surface area contributed by atoms with Crippen molar-refractivity contribution < 1.29 is 0 Å². The van der Waals surface area contributed by atoms with Crippen LogP contribution in [-0.4, -0.2) is 12.0 Å². The van der Waals surface area contributed by atoms with Crippen LogP contribution in [0.4, 0.5) is 11.4 Å². The van der Waals surface area contributed by atoms with Gasteiger partial charge in [-0.15, -0.1) is 0 Å². The molecule has 0 fully saturated rings. The fourth-order valence-corrected chi connectivity index (χ4v) is 2.35. The van der Waals surface area contributed by atoms with Gasteiger partial charge in [-0.05, 0) is 34.7 Å². The molecule has 3 nitrogen and oxygen atoms in total. The second-order valence-corrected chi connectivity index (χ2v) is 4.66. The second-order valence-electron chi connectivity index (χ2n) is 3.09. The number of nitrogens with zero attached hydrogens (tertiary/aromatic N) is 1. The van der Waals surface area contributed by atoms with Crippen molar-refractivity contribution in [1.82, 2.24) is 4.98 Å². The monoisotopic (exact) mass is 333 g/mol. The van der Waals surface area contributed by atoms with Crippen LogP contribution >= 0.6 is 34.2 Å². The first-order chi connectivity index (χ1) is 7.15. The van der Waals surface area contributed by atoms with Gasteiger partial charge in [-0.1, -0.05) is 11.6 Å². The molecule has 0 bridgehead atoms. The zero-order valence-electron chi connectivity index (χ0n) is 8.01. The SMILES string of the molecule is CNc1c(N)cnc2c(I)ccc(Cl)c12. The third-order valence-electron chi connectivity index (χ3n) is 2.20. The van der Waals surface area contributed by atoms with Gasteiger partial charge in [0.05, 0.1) is 28.1 Å². The molecule has 0 unspecified atom stereocenters. The van der Waals surface area contributed by atoms with Crippen LogP contribution in [-0.2, 0) is 0 Å². The maximum atomic E-state index is 6.15. The number of nitrogens with two attached hydrogens (primary N) is 1. The Bertz CT molecular complexity index is 528. The van der Waals surface area contributed by atoms with Crippen molar-refractivity contribution >= 4 is 56.5 Å². The Kier molecular flexibility index (Phi) is 2.88. The summed E-state index contributed by atoms with van der Waals surface area (Å²) in [5, 5.41) is 4.60. The number of fused-ring (bicyclic) bond motifs is 1. The number of hydrogen-bond acceptors (Lipinski definition) is 3. The van der Waals surface area contributed by atoms with Crippen LogP contribution in [0.5, 0.6) is 0 Å². The smallest absolute Gasteiger partial charge is 0.0872 e. The molecular formula is C10H9ClIN3. The molecule has 15 heavy (non-hydrogen) atoms. The van der Waals surface area contributed by atoms with Crippen LogP contribution in [0.3, 0.4) is 0 Å². The van der Waals surface area contributed by atoms with Crippen LogP contribution in [0.1, 0.15) is 0 Å². The molecule has 5 heteroatoms. The van der Waals surface area contributed by atoms with E-state index >= 15 is 0 Å². The highest BCUT2D eigenvalue weighted by Gasteiger charge is 2.10. The van der Waals surface area contributed by atoms with E-state index in [0.717, 1.165) is 20.2 Å². The van der Waals surface area contributed by atoms with Gasteiger partial charge in [-0.3, -0.25) is 4.98 Å². The highest BCUT2D eigenvalue weighted by molar-refractivity contribution is 14.1. The normalized spacial score (nSPS) is 10.6. The molecule has 1 aromatic carbocycles. The number of nitrogen functional groups attached to an aromatic ring is 1. The molecule has 0 spiro atoms. The van der Waals surface area contributed by atoms with Gasteiger partial charge in [0.2, 0.25) is 0 Å². The van der Waals surface area contributed by atoms with Crippen molar-refractivity contribution in [3.8, 4) is 0 Å². The summed E-state index contributed by atoms with van der Waals surface area (Å²) in [4.78, 5) is 4.29. The standard InChI is InChI=1S/C10H9ClIN3/c1-14-10-7(13)4-15-9-6(12)3-2-5(11)8(9)10/h2-4H,13H2,1H3,(H,14,15). The van der Waals surface area contributed by atoms with Crippen LogP contribution in [0.15, 0.2) is 18.3 Å². The van der Waals surface area contributed by atoms with Crippen molar-refractivity contribution in [2.75, 3.05) is 18.1 Å². The molecule has 0 aliphatic heterocycles. The van der Waals surface area contributed by atoms with Gasteiger partial charge >= 0.3 is 0 Å². The number of anilines is 2. The van der Waals surface area contributed by atoms with E-state index in [0.29, 0.717) is 10.7 Å². The van der Waals surface area contributed by atoms with Crippen molar-refractivity contribution in [1.29, 1.82) is 0 Å². The summed E-state index contributed by atoms with van der Waals surface area (Å²) in [5.74, 6) is 0. The van der Waals surface area contributed by atoms with E-state index < -0.39 is 0 Å². The number of pyridine rings is 1. The highest BCUT2D eigenvalue weighted by Crippen LogP contribution is 2.35. The van der Waals surface area contributed by atoms with Crippen LogP contribution in [0.2, 0.25) is 5.02 Å². The number of benzene rings is 1. The van der Waals surface area contributed by atoms with E-state index in [2.05, 4.69) is 32.9 Å². The molecule has 3 N–H and O–H groups in total. The molecule has 2 rings (SSSR count). The van der Waals surface area contributed by atoms with E-state index in [1.54, 1.807) is 6.20 Å². The molecule has 2 aromatic rings. The predicted octanol–water partition coefficient (Wildman–Crippen LogP) is 3.12. The number of rotatable bonds is 1. The van der Waals surface area contributed by atoms with Gasteiger partial charge in [-0.2, -0.15) is 0 Å². The molecule has 0 atom stereocenters. The quantitative estimate of drug-likeness (QED) is 0.788. The number of hydrogen-bond donors (Lipinski definition) is 2. The van der Waals surface area contributed by atoms with E-state index in [-0.39, 0.29) is 0 Å². The summed E-state index contributed by atoms with van der Waals surface area (Å²) in [7, 11) is 1.82. The van der Waals surface area contributed by atoms with Crippen molar-refractivity contribution in [3.05, 3.63) is 26.9 Å². The van der Waals surface area contributed by atoms with Crippen molar-refractivity contribution in [3.63, 3.8) is 0 Å². The maximum absolute atomic E-state index is 6.15. The summed E-state index contributed by atoms with van der Waals surface area (Å²) in [5.41, 5.74) is 8.15. The first kappa shape index (κ1) is 10.8. The first-order valence-corrected chi connectivity index (χ1v) is 5.80. The lowest BCUT2D eigenvalue weighted by molar-refractivity contribution is 1.39. The second kappa shape index (κ2) is 4.02. The molecule has 0 amide bonds. The fraction of sp³-hybridized carbons (Fsp3) is 0.100. The summed E-state index contributed by atoms with van der Waals surface area (Å²) in [6.07, 6.45) is 1.65. The van der Waals surface area contributed by atoms with Gasteiger partial charge in [0.25, 0.3) is 0 Å². The highest BCUT2D eigenvalue weighted by atomic mass is 127. The lowest BCUT2D eigenvalue weighted by Gasteiger charge is -2.10. The Morgan fingerprint density at radius 2 is 2.20 bits per heavy atom. The Morgan fingerprint density at radius 1 is 1.47 bits per heavy atom. The topological polar surface area (TPSA) is 50.9 Å². The molecule has 0 aliphatic rings. The summed E-state index contributed by atoms with van der Waals surface area (Å²) in [6, 6.07) is 3.79. The fourth-order valence-electron chi connectivity index (χ4n) is 1.52. The Morgan fingerprint density at radius 3 is 2.87 bits per heavy atom. The van der Waals surface area contributed by atoms with Crippen molar-refractivity contribution in [2.24, 2.45) is 0 Å². The minimum Gasteiger partial charge on any atom is -0.396 e. The molecule has 0 saturated heterocycles. The van der Waals surface area contributed by atoms with Gasteiger partial charge in [-0.25, -0.2) is 0 Å². The Hall–Kier alpha value is -0.750. The summed E-state index contributed by atoms with van der Waals surface area (Å²) < 4.78 is 1.06. The van der Waals surface area contributed by atoms with E-state index in [1.165, 1.54) is 0 Å². The van der Waals surface area contributed by atoms with Crippen molar-refractivity contribution in [2.45, 2.75) is 0 Å². The number of halogens is 2. The minimum absolute atomic E-state index is 0.605. The Balaban J connectivity index is 2.96. The average Bonchev–Trinajstić information content (AvgIpc) is 2.23. The zero-order valence-corrected chi connectivity index (χ0v) is 10.9. The number of nitrogens with one attached hydrogen (secondary N) is 1. The number of aromatic nitrogens is 1. The zero-order chi connectivity index (χ0) is 11.0. The first-order valence-electron chi connectivity index (χ1n) is 4.35. The lowest BCUT2D eigenvalue weighted by Crippen LogP contribution is -1.99. The maximum Gasteiger partial charge on any atom is 0.0872 e. The van der Waals surface area contributed by atoms with Gasteiger partial charge < -0.3 is 11.1 Å². The van der Waals surface area contributed by atoms with E-state index in [4.69, 9.17) is 17.3 Å². The molecule has 1 heterocycles. The molecular weight excluding hydrogens is 324 g/mol. The minimum atomic E-state index is 0.605. The van der Waals surface area contributed by atoms with Gasteiger partial charge in [0.1, 0.15) is 0 Å². The summed E-state index contributed by atoms with van der Waals surface area (Å²) >= 11 is 8.38. The molecule has 0 radical (unpaired) electrons. The third kappa shape index (κ3) is 1.72. The molecule has 1 aromatic heterocycles. The Labute approximate surface area is 106 Å². The average molecular weight is 334 g/mol. The third-order valence-corrected chi connectivity index (χ3v) is 3.38. The summed E-state index contributed by atoms with van der Waals surface area (Å²) in [6.45, 7) is 0. The van der Waals surface area contributed by atoms with Gasteiger partial charge in [0.15, 0.2) is 0 Å². The predicted molar refractivity (Wildman–Crippen MR) is 73.4 cm³/mol.